The van der Waals surface area contributed by atoms with Crippen LogP contribution < -0.4 is 0 Å². The van der Waals surface area contributed by atoms with Gasteiger partial charge in [-0.15, -0.1) is 0 Å². The molecule has 7 heteroatoms. The summed E-state index contributed by atoms with van der Waals surface area (Å²) in [7, 11) is 0. The van der Waals surface area contributed by atoms with Gasteiger partial charge in [0.05, 0.1) is 6.10 Å². The molecule has 1 N–H and O–H groups in total. The number of ether oxygens (including phenoxy) is 3. The zero-order chi connectivity index (χ0) is 13.2. The van der Waals surface area contributed by atoms with Crippen molar-refractivity contribution in [1.82, 2.24) is 0 Å². The second kappa shape index (κ2) is 5.79. The summed E-state index contributed by atoms with van der Waals surface area (Å²) in [6, 6.07) is 0. The zero-order valence-electron chi connectivity index (χ0n) is 9.75. The number of aliphatic hydroxyl groups is 1. The zero-order valence-corrected chi connectivity index (χ0v) is 11.3. The predicted molar refractivity (Wildman–Crippen MR) is 60.4 cm³/mol. The van der Waals surface area contributed by atoms with Crippen LogP contribution in [0, 0.1) is 0 Å². The Kier molecular flexibility index (Phi) is 4.91. The largest absolute Gasteiger partial charge is 0.457 e. The summed E-state index contributed by atoms with van der Waals surface area (Å²) in [5, 5.41) is 9.58. The van der Waals surface area contributed by atoms with E-state index in [4.69, 9.17) is 14.2 Å². The molecular weight excluding hydrogens is 296 g/mol. The number of hydrogen-bond donors (Lipinski definition) is 1. The number of rotatable bonds is 2. The van der Waals surface area contributed by atoms with E-state index < -0.39 is 41.4 Å². The number of hydrogen-bond acceptors (Lipinski definition) is 6. The van der Waals surface area contributed by atoms with Crippen molar-refractivity contribution in [1.29, 1.82) is 0 Å². The Morgan fingerprint density at radius 2 is 1.65 bits per heavy atom. The predicted octanol–water partition coefficient (Wildman–Crippen LogP) is 0.350. The fraction of sp³-hybridized carbons (Fsp3) is 0.800. The van der Waals surface area contributed by atoms with Gasteiger partial charge < -0.3 is 19.3 Å². The Bertz CT molecular complexity index is 307. The summed E-state index contributed by atoms with van der Waals surface area (Å²) in [6.45, 7) is 4.13. The number of carbonyl (C=O) groups is 2. The van der Waals surface area contributed by atoms with E-state index in [1.807, 2.05) is 0 Å². The summed E-state index contributed by atoms with van der Waals surface area (Å²) >= 11 is 3.16. The Balaban J connectivity index is 2.86. The van der Waals surface area contributed by atoms with Gasteiger partial charge in [-0.2, -0.15) is 0 Å². The average molecular weight is 311 g/mol. The van der Waals surface area contributed by atoms with Crippen LogP contribution in [0.3, 0.4) is 0 Å². The summed E-state index contributed by atoms with van der Waals surface area (Å²) in [4.78, 5) is 21.3. The lowest BCUT2D eigenvalue weighted by Crippen LogP contribution is -2.57. The average Bonchev–Trinajstić information content (AvgIpc) is 2.19. The first-order valence-corrected chi connectivity index (χ1v) is 6.06. The molecule has 1 aliphatic rings. The minimum absolute atomic E-state index is 0.501. The van der Waals surface area contributed by atoms with E-state index in [1.54, 1.807) is 6.92 Å². The maximum atomic E-state index is 11.0. The van der Waals surface area contributed by atoms with Gasteiger partial charge in [-0.1, -0.05) is 15.9 Å². The van der Waals surface area contributed by atoms with Gasteiger partial charge in [0.1, 0.15) is 4.83 Å². The number of halogens is 1. The molecule has 0 aromatic rings. The van der Waals surface area contributed by atoms with Crippen molar-refractivity contribution in [3.8, 4) is 0 Å². The van der Waals surface area contributed by atoms with Gasteiger partial charge in [-0.3, -0.25) is 9.59 Å². The van der Waals surface area contributed by atoms with Crippen molar-refractivity contribution in [2.75, 3.05) is 0 Å². The minimum atomic E-state index is -1.12. The van der Waals surface area contributed by atoms with Crippen LogP contribution in [0.1, 0.15) is 20.8 Å². The van der Waals surface area contributed by atoms with E-state index in [9.17, 15) is 14.7 Å². The van der Waals surface area contributed by atoms with Crippen molar-refractivity contribution < 1.29 is 28.9 Å². The highest BCUT2D eigenvalue weighted by Crippen LogP contribution is 2.29. The SMILES string of the molecule is CC(=O)O[C@@H]1[C@@H](OC(C)=O)[C@@H](Br)[C@H](O)O[C@H]1C. The van der Waals surface area contributed by atoms with E-state index in [0.717, 1.165) is 0 Å². The molecule has 1 fully saturated rings. The first-order chi connectivity index (χ1) is 7.82. The molecule has 1 aliphatic heterocycles. The van der Waals surface area contributed by atoms with E-state index in [2.05, 4.69) is 15.9 Å². The van der Waals surface area contributed by atoms with Crippen molar-refractivity contribution in [3.05, 3.63) is 0 Å². The quantitative estimate of drug-likeness (QED) is 0.585. The lowest BCUT2D eigenvalue weighted by Gasteiger charge is -2.40. The Morgan fingerprint density at radius 1 is 1.18 bits per heavy atom. The van der Waals surface area contributed by atoms with Crippen LogP contribution >= 0.6 is 15.9 Å². The van der Waals surface area contributed by atoms with Crippen LogP contribution in [-0.2, 0) is 23.8 Å². The third-order valence-electron chi connectivity index (χ3n) is 2.33. The molecule has 0 amide bonds. The lowest BCUT2D eigenvalue weighted by atomic mass is 10.0. The second-order valence-corrected chi connectivity index (χ2v) is 4.88. The molecule has 5 atom stereocenters. The van der Waals surface area contributed by atoms with E-state index in [-0.39, 0.29) is 0 Å². The minimum Gasteiger partial charge on any atom is -0.457 e. The highest BCUT2D eigenvalue weighted by Gasteiger charge is 2.46. The monoisotopic (exact) mass is 310 g/mol. The molecule has 0 bridgehead atoms. The number of esters is 2. The van der Waals surface area contributed by atoms with E-state index in [1.165, 1.54) is 13.8 Å². The van der Waals surface area contributed by atoms with Gasteiger partial charge >= 0.3 is 11.9 Å². The first-order valence-electron chi connectivity index (χ1n) is 5.15. The van der Waals surface area contributed by atoms with Gasteiger partial charge in [0, 0.05) is 13.8 Å². The molecule has 0 aromatic heterocycles. The van der Waals surface area contributed by atoms with Crippen LogP contribution in [0.5, 0.6) is 0 Å². The fourth-order valence-corrected chi connectivity index (χ4v) is 2.19. The Hall–Kier alpha value is -0.660. The van der Waals surface area contributed by atoms with Crippen LogP contribution in [0.4, 0.5) is 0 Å². The summed E-state index contributed by atoms with van der Waals surface area (Å²) in [5.41, 5.74) is 0. The van der Waals surface area contributed by atoms with Gasteiger partial charge in [0.25, 0.3) is 0 Å². The second-order valence-electron chi connectivity index (χ2n) is 3.82. The van der Waals surface area contributed by atoms with Crippen molar-refractivity contribution >= 4 is 27.9 Å². The van der Waals surface area contributed by atoms with Gasteiger partial charge in [0.2, 0.25) is 0 Å². The molecule has 0 spiro atoms. The third-order valence-corrected chi connectivity index (χ3v) is 3.30. The molecule has 0 saturated carbocycles. The topological polar surface area (TPSA) is 82.1 Å². The molecule has 98 valence electrons. The molecule has 0 radical (unpaired) electrons. The molecule has 1 saturated heterocycles. The summed E-state index contributed by atoms with van der Waals surface area (Å²) in [5.74, 6) is -1.02. The normalized spacial score (nSPS) is 37.4. The maximum Gasteiger partial charge on any atom is 0.303 e. The number of alkyl halides is 1. The number of aliphatic hydroxyl groups excluding tert-OH is 1. The standard InChI is InChI=1S/C10H15BrO6/c1-4-8(16-5(2)12)9(17-6(3)13)7(11)10(14)15-4/h4,7-10,14H,1-3H3/t4-,7+,8-,9-,10+/m0/s1. The molecule has 0 aromatic carbocycles. The molecule has 0 aliphatic carbocycles. The highest BCUT2D eigenvalue weighted by molar-refractivity contribution is 9.09. The lowest BCUT2D eigenvalue weighted by molar-refractivity contribution is -0.236. The van der Waals surface area contributed by atoms with Crippen molar-refractivity contribution in [3.63, 3.8) is 0 Å². The maximum absolute atomic E-state index is 11.0. The molecule has 1 rings (SSSR count). The van der Waals surface area contributed by atoms with Gasteiger partial charge in [0.15, 0.2) is 18.5 Å². The molecule has 17 heavy (non-hydrogen) atoms. The van der Waals surface area contributed by atoms with E-state index >= 15 is 0 Å². The first kappa shape index (κ1) is 14.4. The smallest absolute Gasteiger partial charge is 0.303 e. The molecule has 6 nitrogen and oxygen atoms in total. The molecular formula is C10H15BrO6. The summed E-state index contributed by atoms with van der Waals surface area (Å²) in [6.07, 6.45) is -3.22. The van der Waals surface area contributed by atoms with E-state index in [0.29, 0.717) is 0 Å². The van der Waals surface area contributed by atoms with Crippen LogP contribution in [0.25, 0.3) is 0 Å². The molecule has 0 unspecified atom stereocenters. The van der Waals surface area contributed by atoms with Crippen molar-refractivity contribution in [2.45, 2.75) is 50.2 Å². The van der Waals surface area contributed by atoms with Crippen LogP contribution in [0.15, 0.2) is 0 Å². The Morgan fingerprint density at radius 3 is 2.12 bits per heavy atom. The number of carbonyl (C=O) groups excluding carboxylic acids is 2. The highest BCUT2D eigenvalue weighted by atomic mass is 79.9. The summed E-state index contributed by atoms with van der Waals surface area (Å²) < 4.78 is 15.3. The fourth-order valence-electron chi connectivity index (χ4n) is 1.66. The third kappa shape index (κ3) is 3.65. The van der Waals surface area contributed by atoms with Gasteiger partial charge in [-0.25, -0.2) is 0 Å². The molecule has 1 heterocycles. The van der Waals surface area contributed by atoms with Crippen LogP contribution in [0.2, 0.25) is 0 Å². The van der Waals surface area contributed by atoms with Crippen LogP contribution in [-0.4, -0.2) is 46.5 Å². The Labute approximate surface area is 107 Å². The van der Waals surface area contributed by atoms with Crippen molar-refractivity contribution in [2.24, 2.45) is 0 Å². The van der Waals surface area contributed by atoms with Gasteiger partial charge in [-0.05, 0) is 6.92 Å².